The molecule has 0 bridgehead atoms. The van der Waals surface area contributed by atoms with Gasteiger partial charge in [0.2, 0.25) is 0 Å². The Morgan fingerprint density at radius 1 is 1.67 bits per heavy atom. The van der Waals surface area contributed by atoms with Crippen LogP contribution in [0.25, 0.3) is 0 Å². The van der Waals surface area contributed by atoms with Gasteiger partial charge in [0.25, 0.3) is 12.1 Å². The fourth-order valence-corrected chi connectivity index (χ4v) is 1.55. The highest BCUT2D eigenvalue weighted by atomic mass is 127. The van der Waals surface area contributed by atoms with Crippen LogP contribution in [0.5, 0.6) is 0 Å². The highest BCUT2D eigenvalue weighted by Crippen LogP contribution is 2.27. The number of hydrogen-bond acceptors (Lipinski definition) is 4. The summed E-state index contributed by atoms with van der Waals surface area (Å²) in [4.78, 5) is 13.0. The van der Waals surface area contributed by atoms with Gasteiger partial charge in [-0.3, -0.25) is 10.1 Å². The average Bonchev–Trinajstić information content (AvgIpc) is 2.16. The second-order valence-electron chi connectivity index (χ2n) is 2.40. The molecule has 0 aliphatic rings. The molecule has 0 aliphatic carbocycles. The lowest BCUT2D eigenvalue weighted by atomic mass is 10.2. The quantitative estimate of drug-likeness (QED) is 0.362. The largest absolute Gasteiger partial charge is 0.291 e. The number of hydrogen-bond donors (Lipinski definition) is 0. The van der Waals surface area contributed by atoms with Crippen molar-refractivity contribution in [2.45, 2.75) is 6.43 Å². The van der Waals surface area contributed by atoms with E-state index in [-0.39, 0.29) is 9.26 Å². The monoisotopic (exact) mass is 325 g/mol. The van der Waals surface area contributed by atoms with Crippen molar-refractivity contribution in [3.8, 4) is 6.07 Å². The molecule has 0 atom stereocenters. The third-order valence-corrected chi connectivity index (χ3v) is 2.29. The van der Waals surface area contributed by atoms with Crippen LogP contribution in [0.2, 0.25) is 0 Å². The topological polar surface area (TPSA) is 79.8 Å². The van der Waals surface area contributed by atoms with E-state index < -0.39 is 22.7 Å². The van der Waals surface area contributed by atoms with Gasteiger partial charge in [0, 0.05) is 6.07 Å². The number of rotatable bonds is 2. The molecule has 0 amide bonds. The highest BCUT2D eigenvalue weighted by Gasteiger charge is 2.22. The zero-order valence-electron chi connectivity index (χ0n) is 6.95. The van der Waals surface area contributed by atoms with Gasteiger partial charge in [-0.1, -0.05) is 0 Å². The van der Waals surface area contributed by atoms with Crippen LogP contribution in [-0.4, -0.2) is 9.91 Å². The second kappa shape index (κ2) is 4.43. The predicted molar refractivity (Wildman–Crippen MR) is 53.3 cm³/mol. The molecule has 1 rings (SSSR count). The fourth-order valence-electron chi connectivity index (χ4n) is 0.879. The fraction of sp³-hybridized carbons (Fsp3) is 0.143. The van der Waals surface area contributed by atoms with Crippen LogP contribution in [0.15, 0.2) is 6.07 Å². The van der Waals surface area contributed by atoms with Gasteiger partial charge in [0.15, 0.2) is 5.56 Å². The van der Waals surface area contributed by atoms with Crippen LogP contribution in [0.3, 0.4) is 0 Å². The molecule has 78 valence electrons. The molecule has 1 aromatic heterocycles. The summed E-state index contributed by atoms with van der Waals surface area (Å²) in [5, 5.41) is 19.1. The van der Waals surface area contributed by atoms with Crippen LogP contribution in [0, 0.1) is 25.1 Å². The summed E-state index contributed by atoms with van der Waals surface area (Å²) in [5.74, 6) is 0. The molecule has 5 nitrogen and oxygen atoms in total. The first-order chi connectivity index (χ1) is 6.97. The van der Waals surface area contributed by atoms with E-state index in [4.69, 9.17) is 5.26 Å². The maximum atomic E-state index is 12.3. The molecular formula is C7H2F2IN3O2. The molecule has 0 radical (unpaired) electrons. The Morgan fingerprint density at radius 3 is 2.67 bits per heavy atom. The maximum Gasteiger partial charge on any atom is 0.291 e. The van der Waals surface area contributed by atoms with Crippen molar-refractivity contribution < 1.29 is 13.7 Å². The lowest BCUT2D eigenvalue weighted by Crippen LogP contribution is -2.01. The number of pyridine rings is 1. The van der Waals surface area contributed by atoms with E-state index in [0.717, 1.165) is 0 Å². The summed E-state index contributed by atoms with van der Waals surface area (Å²) in [7, 11) is 0. The first-order valence-corrected chi connectivity index (χ1v) is 4.58. The number of nitro groups is 1. The lowest BCUT2D eigenvalue weighted by molar-refractivity contribution is -0.385. The Hall–Kier alpha value is -1.37. The van der Waals surface area contributed by atoms with E-state index in [1.807, 2.05) is 0 Å². The maximum absolute atomic E-state index is 12.3. The molecule has 0 aliphatic heterocycles. The summed E-state index contributed by atoms with van der Waals surface area (Å²) in [6.07, 6.45) is -2.90. The van der Waals surface area contributed by atoms with Gasteiger partial charge in [-0.15, -0.1) is 0 Å². The smallest absolute Gasteiger partial charge is 0.258 e. The van der Waals surface area contributed by atoms with Gasteiger partial charge in [0.05, 0.1) is 4.92 Å². The number of nitrogens with zero attached hydrogens (tertiary/aromatic N) is 3. The molecule has 0 N–H and O–H groups in total. The molecule has 0 spiro atoms. The summed E-state index contributed by atoms with van der Waals surface area (Å²) in [6, 6.07) is 2.17. The summed E-state index contributed by atoms with van der Waals surface area (Å²) in [6.45, 7) is 0. The summed E-state index contributed by atoms with van der Waals surface area (Å²) >= 11 is 1.51. The Balaban J connectivity index is 3.47. The molecule has 0 aromatic carbocycles. The molecule has 0 saturated heterocycles. The zero-order chi connectivity index (χ0) is 11.6. The van der Waals surface area contributed by atoms with Crippen molar-refractivity contribution in [3.63, 3.8) is 0 Å². The summed E-state index contributed by atoms with van der Waals surface area (Å²) < 4.78 is 24.4. The van der Waals surface area contributed by atoms with Crippen LogP contribution in [0.4, 0.5) is 14.5 Å². The minimum absolute atomic E-state index is 0.0976. The van der Waals surface area contributed by atoms with E-state index in [2.05, 4.69) is 4.98 Å². The zero-order valence-corrected chi connectivity index (χ0v) is 9.10. The molecule has 1 heterocycles. The minimum atomic E-state index is -2.90. The number of halogens is 3. The SMILES string of the molecule is N#Cc1c([N+](=O)[O-])cc(C(F)F)nc1I. The minimum Gasteiger partial charge on any atom is -0.258 e. The van der Waals surface area contributed by atoms with E-state index in [9.17, 15) is 18.9 Å². The molecule has 0 saturated carbocycles. The van der Waals surface area contributed by atoms with Crippen molar-refractivity contribution in [1.82, 2.24) is 4.98 Å². The summed E-state index contributed by atoms with van der Waals surface area (Å²) in [5.41, 5.74) is -1.65. The molecule has 0 unspecified atom stereocenters. The Bertz CT molecular complexity index is 458. The normalized spacial score (nSPS) is 10.1. The Labute approximate surface area is 96.0 Å². The van der Waals surface area contributed by atoms with E-state index in [0.29, 0.717) is 6.07 Å². The van der Waals surface area contributed by atoms with Gasteiger partial charge < -0.3 is 0 Å². The van der Waals surface area contributed by atoms with E-state index in [1.165, 1.54) is 22.6 Å². The molecule has 15 heavy (non-hydrogen) atoms. The standard InChI is InChI=1S/C7H2F2IN3O2/c8-6(9)4-1-5(13(14)15)3(2-11)7(10)12-4/h1,6H. The Morgan fingerprint density at radius 2 is 2.27 bits per heavy atom. The predicted octanol–water partition coefficient (Wildman–Crippen LogP) is 2.40. The van der Waals surface area contributed by atoms with Crippen molar-refractivity contribution in [2.24, 2.45) is 0 Å². The van der Waals surface area contributed by atoms with Crippen LogP contribution < -0.4 is 0 Å². The van der Waals surface area contributed by atoms with E-state index in [1.54, 1.807) is 6.07 Å². The van der Waals surface area contributed by atoms with Crippen molar-refractivity contribution >= 4 is 28.3 Å². The average molecular weight is 325 g/mol. The molecule has 1 aromatic rings. The van der Waals surface area contributed by atoms with Crippen LogP contribution in [0.1, 0.15) is 17.7 Å². The first-order valence-electron chi connectivity index (χ1n) is 3.50. The van der Waals surface area contributed by atoms with Gasteiger partial charge in [-0.25, -0.2) is 13.8 Å². The second-order valence-corrected chi connectivity index (χ2v) is 3.42. The first kappa shape index (κ1) is 11.7. The third kappa shape index (κ3) is 2.35. The van der Waals surface area contributed by atoms with Gasteiger partial charge in [-0.05, 0) is 22.6 Å². The van der Waals surface area contributed by atoms with Gasteiger partial charge in [0.1, 0.15) is 15.5 Å². The molecule has 8 heteroatoms. The van der Waals surface area contributed by atoms with Crippen molar-refractivity contribution in [3.05, 3.63) is 31.1 Å². The van der Waals surface area contributed by atoms with Gasteiger partial charge >= 0.3 is 0 Å². The third-order valence-electron chi connectivity index (χ3n) is 1.51. The van der Waals surface area contributed by atoms with Gasteiger partial charge in [-0.2, -0.15) is 5.26 Å². The number of aromatic nitrogens is 1. The number of alkyl halides is 2. The lowest BCUT2D eigenvalue weighted by Gasteiger charge is -2.01. The molecular weight excluding hydrogens is 323 g/mol. The van der Waals surface area contributed by atoms with Crippen molar-refractivity contribution in [2.75, 3.05) is 0 Å². The van der Waals surface area contributed by atoms with Crippen LogP contribution >= 0.6 is 22.6 Å². The molecule has 0 fully saturated rings. The Kier molecular flexibility index (Phi) is 3.46. The number of nitriles is 1. The highest BCUT2D eigenvalue weighted by molar-refractivity contribution is 14.1. The van der Waals surface area contributed by atoms with E-state index >= 15 is 0 Å². The van der Waals surface area contributed by atoms with Crippen molar-refractivity contribution in [1.29, 1.82) is 5.26 Å². The van der Waals surface area contributed by atoms with Crippen LogP contribution in [-0.2, 0) is 0 Å².